The number of hydrogen-bond acceptors (Lipinski definition) is 6. The van der Waals surface area contributed by atoms with E-state index in [2.05, 4.69) is 20.6 Å². The van der Waals surface area contributed by atoms with Gasteiger partial charge in [0, 0.05) is 23.5 Å². The molecule has 0 saturated carbocycles. The van der Waals surface area contributed by atoms with Crippen LogP contribution < -0.4 is 10.1 Å². The topological polar surface area (TPSA) is 102 Å². The third kappa shape index (κ3) is 3.10. The van der Waals surface area contributed by atoms with E-state index < -0.39 is 0 Å². The molecule has 0 saturated heterocycles. The van der Waals surface area contributed by atoms with Crippen LogP contribution in [-0.2, 0) is 11.4 Å². The molecule has 4 rings (SSSR count). The molecular weight excluding hydrogens is 382 g/mol. The van der Waals surface area contributed by atoms with Gasteiger partial charge in [-0.15, -0.1) is 10.2 Å². The first-order valence-electron chi connectivity index (χ1n) is 8.68. The van der Waals surface area contributed by atoms with Gasteiger partial charge in [0.05, 0.1) is 19.4 Å². The number of ether oxygens (including phenoxy) is 1. The van der Waals surface area contributed by atoms with E-state index in [-0.39, 0.29) is 30.0 Å². The zero-order valence-electron chi connectivity index (χ0n) is 15.3. The number of nitrogens with one attached hydrogen (secondary N) is 1. The van der Waals surface area contributed by atoms with Crippen molar-refractivity contribution in [3.8, 4) is 11.6 Å². The maximum absolute atomic E-state index is 12.5. The maximum Gasteiger partial charge on any atom is 0.226 e. The first-order chi connectivity index (χ1) is 13.5. The Kier molecular flexibility index (Phi) is 4.74. The number of halogens is 1. The van der Waals surface area contributed by atoms with Crippen molar-refractivity contribution >= 4 is 23.3 Å². The lowest BCUT2D eigenvalue weighted by atomic mass is 9.85. The Morgan fingerprint density at radius 1 is 1.32 bits per heavy atom. The highest BCUT2D eigenvalue weighted by Gasteiger charge is 2.33. The van der Waals surface area contributed by atoms with E-state index in [1.807, 2.05) is 19.1 Å². The summed E-state index contributed by atoms with van der Waals surface area (Å²) in [6.45, 7) is 1.74. The summed E-state index contributed by atoms with van der Waals surface area (Å²) in [7, 11) is 1.56. The molecule has 0 aliphatic carbocycles. The predicted octanol–water partition coefficient (Wildman–Crippen LogP) is 2.60. The number of rotatable bonds is 4. The van der Waals surface area contributed by atoms with Gasteiger partial charge in [-0.05, 0) is 36.8 Å². The van der Waals surface area contributed by atoms with Gasteiger partial charge < -0.3 is 15.2 Å². The molecule has 0 spiro atoms. The van der Waals surface area contributed by atoms with Crippen molar-refractivity contribution in [2.24, 2.45) is 0 Å². The summed E-state index contributed by atoms with van der Waals surface area (Å²) in [4.78, 5) is 12.5. The fourth-order valence-electron chi connectivity index (χ4n) is 3.56. The van der Waals surface area contributed by atoms with Crippen molar-refractivity contribution < 1.29 is 14.6 Å². The standard InChI is InChI=1S/C19H18ClN5O3/c1-10-18-13(11-3-4-14(28-2)12(7-11)9-26)8-17(27)21-19(18)25(24-10)16-6-5-15(20)22-23-16/h3-7,13,26H,8-9H2,1-2H3,(H,21,27). The minimum Gasteiger partial charge on any atom is -0.496 e. The van der Waals surface area contributed by atoms with Gasteiger partial charge in [-0.3, -0.25) is 4.79 Å². The van der Waals surface area contributed by atoms with E-state index in [0.717, 1.165) is 16.8 Å². The number of anilines is 1. The Labute approximate surface area is 166 Å². The highest BCUT2D eigenvalue weighted by molar-refractivity contribution is 6.29. The van der Waals surface area contributed by atoms with Gasteiger partial charge in [-0.25, -0.2) is 0 Å². The molecule has 144 valence electrons. The Hall–Kier alpha value is -2.97. The van der Waals surface area contributed by atoms with E-state index in [9.17, 15) is 9.90 Å². The van der Waals surface area contributed by atoms with Crippen LogP contribution in [0.3, 0.4) is 0 Å². The predicted molar refractivity (Wildman–Crippen MR) is 103 cm³/mol. The summed E-state index contributed by atoms with van der Waals surface area (Å²) in [6, 6.07) is 8.88. The van der Waals surface area contributed by atoms with Crippen LogP contribution in [0.1, 0.15) is 34.7 Å². The third-order valence-electron chi connectivity index (χ3n) is 4.81. The molecule has 1 aromatic carbocycles. The molecule has 8 nitrogen and oxygen atoms in total. The zero-order valence-corrected chi connectivity index (χ0v) is 16.1. The smallest absolute Gasteiger partial charge is 0.226 e. The Morgan fingerprint density at radius 3 is 2.82 bits per heavy atom. The molecule has 3 heterocycles. The number of aliphatic hydroxyl groups excluding tert-OH is 1. The van der Waals surface area contributed by atoms with Crippen LogP contribution >= 0.6 is 11.6 Å². The largest absolute Gasteiger partial charge is 0.496 e. The van der Waals surface area contributed by atoms with Crippen molar-refractivity contribution in [1.82, 2.24) is 20.0 Å². The normalized spacial score (nSPS) is 15.9. The Morgan fingerprint density at radius 2 is 2.14 bits per heavy atom. The maximum atomic E-state index is 12.5. The van der Waals surface area contributed by atoms with Crippen LogP contribution in [0.2, 0.25) is 5.15 Å². The van der Waals surface area contributed by atoms with Gasteiger partial charge in [0.25, 0.3) is 0 Å². The minimum atomic E-state index is -0.200. The lowest BCUT2D eigenvalue weighted by molar-refractivity contribution is -0.116. The molecule has 2 aromatic heterocycles. The number of amides is 1. The van der Waals surface area contributed by atoms with Gasteiger partial charge in [0.1, 0.15) is 11.6 Å². The van der Waals surface area contributed by atoms with Gasteiger partial charge in [-0.2, -0.15) is 9.78 Å². The van der Waals surface area contributed by atoms with Crippen LogP contribution in [-0.4, -0.2) is 38.1 Å². The minimum absolute atomic E-state index is 0.123. The molecule has 0 bridgehead atoms. The van der Waals surface area contributed by atoms with Crippen molar-refractivity contribution in [3.63, 3.8) is 0 Å². The van der Waals surface area contributed by atoms with Crippen molar-refractivity contribution in [2.45, 2.75) is 25.9 Å². The average Bonchev–Trinajstić information content (AvgIpc) is 3.03. The van der Waals surface area contributed by atoms with E-state index in [4.69, 9.17) is 16.3 Å². The van der Waals surface area contributed by atoms with Crippen molar-refractivity contribution in [1.29, 1.82) is 0 Å². The van der Waals surface area contributed by atoms with Crippen molar-refractivity contribution in [2.75, 3.05) is 12.4 Å². The van der Waals surface area contributed by atoms with Crippen LogP contribution in [0.15, 0.2) is 30.3 Å². The molecule has 1 atom stereocenters. The molecule has 1 aliphatic heterocycles. The summed E-state index contributed by atoms with van der Waals surface area (Å²) >= 11 is 5.82. The molecule has 0 radical (unpaired) electrons. The van der Waals surface area contributed by atoms with Crippen molar-refractivity contribution in [3.05, 3.63) is 57.9 Å². The first-order valence-corrected chi connectivity index (χ1v) is 9.06. The lowest BCUT2D eigenvalue weighted by Gasteiger charge is -2.25. The molecule has 9 heteroatoms. The van der Waals surface area contributed by atoms with E-state index in [1.54, 1.807) is 30.0 Å². The molecule has 28 heavy (non-hydrogen) atoms. The second-order valence-corrected chi connectivity index (χ2v) is 6.90. The molecule has 1 aliphatic rings. The van der Waals surface area contributed by atoms with E-state index >= 15 is 0 Å². The number of carbonyl (C=O) groups is 1. The number of aryl methyl sites for hydroxylation is 1. The highest BCUT2D eigenvalue weighted by Crippen LogP contribution is 2.41. The first kappa shape index (κ1) is 18.4. The van der Waals surface area contributed by atoms with Crippen LogP contribution in [0.5, 0.6) is 5.75 Å². The molecule has 3 aromatic rings. The summed E-state index contributed by atoms with van der Waals surface area (Å²) in [5.74, 6) is 1.31. The summed E-state index contributed by atoms with van der Waals surface area (Å²) in [5, 5.41) is 25.3. The lowest BCUT2D eigenvalue weighted by Crippen LogP contribution is -2.25. The molecule has 0 fully saturated rings. The highest BCUT2D eigenvalue weighted by atomic mass is 35.5. The number of aromatic nitrogens is 4. The number of fused-ring (bicyclic) bond motifs is 1. The number of aliphatic hydroxyl groups is 1. The van der Waals surface area contributed by atoms with Crippen LogP contribution in [0.25, 0.3) is 5.82 Å². The zero-order chi connectivity index (χ0) is 19.8. The third-order valence-corrected chi connectivity index (χ3v) is 5.02. The molecule has 1 amide bonds. The fraction of sp³-hybridized carbons (Fsp3) is 0.263. The molecule has 2 N–H and O–H groups in total. The van der Waals surface area contributed by atoms with E-state index in [1.165, 1.54) is 0 Å². The number of hydrogen-bond donors (Lipinski definition) is 2. The number of benzene rings is 1. The quantitative estimate of drug-likeness (QED) is 0.699. The molecule has 1 unspecified atom stereocenters. The van der Waals surface area contributed by atoms with E-state index in [0.29, 0.717) is 22.9 Å². The number of carbonyl (C=O) groups excluding carboxylic acids is 1. The average molecular weight is 400 g/mol. The monoisotopic (exact) mass is 399 g/mol. The number of methoxy groups -OCH3 is 1. The van der Waals surface area contributed by atoms with Gasteiger partial charge in [0.15, 0.2) is 11.0 Å². The van der Waals surface area contributed by atoms with Gasteiger partial charge in [-0.1, -0.05) is 17.7 Å². The molecular formula is C19H18ClN5O3. The van der Waals surface area contributed by atoms with Crippen LogP contribution in [0, 0.1) is 6.92 Å². The second kappa shape index (κ2) is 7.21. The summed E-state index contributed by atoms with van der Waals surface area (Å²) < 4.78 is 6.85. The summed E-state index contributed by atoms with van der Waals surface area (Å²) in [5.41, 5.74) is 3.26. The van der Waals surface area contributed by atoms with Crippen LogP contribution in [0.4, 0.5) is 5.82 Å². The second-order valence-electron chi connectivity index (χ2n) is 6.51. The van der Waals surface area contributed by atoms with Gasteiger partial charge >= 0.3 is 0 Å². The Bertz CT molecular complexity index is 1050. The summed E-state index contributed by atoms with van der Waals surface area (Å²) in [6.07, 6.45) is 0.281. The Balaban J connectivity index is 1.84. The van der Waals surface area contributed by atoms with Gasteiger partial charge in [0.2, 0.25) is 5.91 Å². The fourth-order valence-corrected chi connectivity index (χ4v) is 3.66. The number of nitrogens with zero attached hydrogens (tertiary/aromatic N) is 4. The SMILES string of the molecule is COc1ccc(C2CC(=O)Nc3c2c(C)nn3-c2ccc(Cl)nn2)cc1CO.